The Morgan fingerprint density at radius 1 is 1.15 bits per heavy atom. The second kappa shape index (κ2) is 8.12. The Bertz CT molecular complexity index is 833. The van der Waals surface area contributed by atoms with Gasteiger partial charge in [0.05, 0.1) is 24.0 Å². The quantitative estimate of drug-likeness (QED) is 0.837. The highest BCUT2D eigenvalue weighted by atomic mass is 16.5. The molecule has 0 unspecified atom stereocenters. The van der Waals surface area contributed by atoms with Crippen LogP contribution < -0.4 is 15.0 Å². The van der Waals surface area contributed by atoms with Crippen LogP contribution in [0.3, 0.4) is 0 Å². The minimum atomic E-state index is -1.02. The number of methoxy groups -OCH3 is 1. The summed E-state index contributed by atoms with van der Waals surface area (Å²) in [6, 6.07) is 11.7. The van der Waals surface area contributed by atoms with E-state index in [4.69, 9.17) is 4.74 Å². The van der Waals surface area contributed by atoms with E-state index in [0.29, 0.717) is 22.9 Å². The van der Waals surface area contributed by atoms with Crippen LogP contribution in [0.4, 0.5) is 11.4 Å². The molecule has 0 bridgehead atoms. The van der Waals surface area contributed by atoms with Crippen LogP contribution in [0.15, 0.2) is 42.5 Å². The highest BCUT2D eigenvalue weighted by Crippen LogP contribution is 2.31. The van der Waals surface area contributed by atoms with Gasteiger partial charge in [0.1, 0.15) is 5.75 Å². The van der Waals surface area contributed by atoms with Crippen LogP contribution in [0.1, 0.15) is 40.5 Å². The number of nitrogens with zero attached hydrogens (tertiary/aromatic N) is 1. The first kappa shape index (κ1) is 18.8. The number of aromatic carboxylic acids is 1. The van der Waals surface area contributed by atoms with Gasteiger partial charge < -0.3 is 20.1 Å². The Labute approximate surface area is 158 Å². The minimum absolute atomic E-state index is 0.147. The van der Waals surface area contributed by atoms with Gasteiger partial charge >= 0.3 is 5.97 Å². The van der Waals surface area contributed by atoms with Crippen LogP contribution >= 0.6 is 0 Å². The lowest BCUT2D eigenvalue weighted by molar-refractivity contribution is 0.0696. The van der Waals surface area contributed by atoms with Crippen molar-refractivity contribution in [3.63, 3.8) is 0 Å². The van der Waals surface area contributed by atoms with E-state index in [1.165, 1.54) is 12.5 Å². The fourth-order valence-corrected chi connectivity index (χ4v) is 3.39. The molecule has 1 fully saturated rings. The molecule has 1 aliphatic rings. The summed E-state index contributed by atoms with van der Waals surface area (Å²) in [6.45, 7) is 3.98. The number of rotatable bonds is 5. The molecule has 0 saturated carbocycles. The van der Waals surface area contributed by atoms with Crippen molar-refractivity contribution in [3.05, 3.63) is 53.6 Å². The first-order chi connectivity index (χ1) is 13.0. The van der Waals surface area contributed by atoms with Crippen LogP contribution in [0.2, 0.25) is 0 Å². The molecule has 1 amide bonds. The summed E-state index contributed by atoms with van der Waals surface area (Å²) in [5, 5.41) is 12.2. The predicted molar refractivity (Wildman–Crippen MR) is 105 cm³/mol. The first-order valence-electron chi connectivity index (χ1n) is 9.05. The molecule has 0 aliphatic carbocycles. The molecule has 0 radical (unpaired) electrons. The molecule has 142 valence electrons. The van der Waals surface area contributed by atoms with E-state index in [1.54, 1.807) is 43.5 Å². The van der Waals surface area contributed by atoms with E-state index in [9.17, 15) is 14.7 Å². The molecule has 1 saturated heterocycles. The van der Waals surface area contributed by atoms with Gasteiger partial charge in [-0.3, -0.25) is 4.79 Å². The fourth-order valence-electron chi connectivity index (χ4n) is 3.39. The molecule has 2 aromatic carbocycles. The van der Waals surface area contributed by atoms with Gasteiger partial charge in [-0.25, -0.2) is 4.79 Å². The summed E-state index contributed by atoms with van der Waals surface area (Å²) in [7, 11) is 1.57. The first-order valence-corrected chi connectivity index (χ1v) is 9.05. The number of nitrogens with one attached hydrogen (secondary N) is 1. The van der Waals surface area contributed by atoms with Gasteiger partial charge in [-0.05, 0) is 61.2 Å². The van der Waals surface area contributed by atoms with E-state index in [2.05, 4.69) is 17.1 Å². The van der Waals surface area contributed by atoms with Gasteiger partial charge in [-0.15, -0.1) is 0 Å². The van der Waals surface area contributed by atoms with Crippen molar-refractivity contribution < 1.29 is 19.4 Å². The molecule has 2 N–H and O–H groups in total. The highest BCUT2D eigenvalue weighted by Gasteiger charge is 2.21. The molecular weight excluding hydrogens is 344 g/mol. The number of amides is 1. The number of carboxylic acids is 1. The van der Waals surface area contributed by atoms with Gasteiger partial charge in [0.15, 0.2) is 0 Å². The van der Waals surface area contributed by atoms with Crippen molar-refractivity contribution in [1.82, 2.24) is 0 Å². The summed E-state index contributed by atoms with van der Waals surface area (Å²) in [5.74, 6) is -0.0783. The summed E-state index contributed by atoms with van der Waals surface area (Å²) in [4.78, 5) is 26.3. The van der Waals surface area contributed by atoms with Gasteiger partial charge in [0.2, 0.25) is 0 Å². The lowest BCUT2D eigenvalue weighted by Crippen LogP contribution is -2.35. The SMILES string of the molecule is COc1ccc(C(=O)Nc2cc(C(=O)O)ccc2N2CCC[C@@H](C)C2)cc1. The fraction of sp³-hybridized carbons (Fsp3) is 0.333. The number of hydrogen-bond donors (Lipinski definition) is 2. The third kappa shape index (κ3) is 4.39. The van der Waals surface area contributed by atoms with Crippen LogP contribution in [0, 0.1) is 5.92 Å². The second-order valence-electron chi connectivity index (χ2n) is 6.91. The lowest BCUT2D eigenvalue weighted by Gasteiger charge is -2.34. The number of piperidine rings is 1. The van der Waals surface area contributed by atoms with Crippen LogP contribution in [0.25, 0.3) is 0 Å². The number of carboxylic acid groups (broad SMARTS) is 1. The average molecular weight is 368 g/mol. The number of hydrogen-bond acceptors (Lipinski definition) is 4. The molecular formula is C21H24N2O4. The number of benzene rings is 2. The number of anilines is 2. The second-order valence-corrected chi connectivity index (χ2v) is 6.91. The van der Waals surface area contributed by atoms with Gasteiger partial charge in [0, 0.05) is 18.7 Å². The van der Waals surface area contributed by atoms with Crippen LogP contribution in [-0.4, -0.2) is 37.2 Å². The number of carbonyl (C=O) groups excluding carboxylic acids is 1. The zero-order valence-electron chi connectivity index (χ0n) is 15.6. The third-order valence-electron chi connectivity index (χ3n) is 4.84. The zero-order valence-corrected chi connectivity index (χ0v) is 15.6. The maximum absolute atomic E-state index is 12.7. The van der Waals surface area contributed by atoms with E-state index >= 15 is 0 Å². The monoisotopic (exact) mass is 368 g/mol. The summed E-state index contributed by atoms with van der Waals surface area (Å²) in [6.07, 6.45) is 2.25. The zero-order chi connectivity index (χ0) is 19.4. The van der Waals surface area contributed by atoms with Crippen molar-refractivity contribution in [1.29, 1.82) is 0 Å². The normalized spacial score (nSPS) is 16.7. The Hall–Kier alpha value is -3.02. The van der Waals surface area contributed by atoms with E-state index < -0.39 is 5.97 Å². The average Bonchev–Trinajstić information content (AvgIpc) is 2.68. The smallest absolute Gasteiger partial charge is 0.335 e. The van der Waals surface area contributed by atoms with Gasteiger partial charge in [-0.2, -0.15) is 0 Å². The Morgan fingerprint density at radius 2 is 1.85 bits per heavy atom. The molecule has 3 rings (SSSR count). The van der Waals surface area contributed by atoms with Crippen molar-refractivity contribution in [2.45, 2.75) is 19.8 Å². The predicted octanol–water partition coefficient (Wildman–Crippen LogP) is 3.88. The topological polar surface area (TPSA) is 78.9 Å². The lowest BCUT2D eigenvalue weighted by atomic mass is 9.99. The number of carbonyl (C=O) groups is 2. The van der Waals surface area contributed by atoms with Crippen LogP contribution in [-0.2, 0) is 0 Å². The molecule has 0 spiro atoms. The summed E-state index contributed by atoms with van der Waals surface area (Å²) in [5.41, 5.74) is 2.00. The van der Waals surface area contributed by atoms with Crippen molar-refractivity contribution >= 4 is 23.3 Å². The molecule has 27 heavy (non-hydrogen) atoms. The molecule has 1 atom stereocenters. The van der Waals surface area contributed by atoms with E-state index in [1.807, 2.05) is 0 Å². The Balaban J connectivity index is 1.89. The summed E-state index contributed by atoms with van der Waals surface area (Å²) >= 11 is 0. The maximum Gasteiger partial charge on any atom is 0.335 e. The number of ether oxygens (including phenoxy) is 1. The Morgan fingerprint density at radius 3 is 2.48 bits per heavy atom. The summed E-state index contributed by atoms with van der Waals surface area (Å²) < 4.78 is 5.11. The van der Waals surface area contributed by atoms with E-state index in [0.717, 1.165) is 25.2 Å². The standard InChI is InChI=1S/C21H24N2O4/c1-14-4-3-11-23(13-14)19-10-7-16(21(25)26)12-18(19)22-20(24)15-5-8-17(27-2)9-6-15/h5-10,12,14H,3-4,11,13H2,1-2H3,(H,22,24)(H,25,26)/t14-/m1/s1. The molecule has 0 aromatic heterocycles. The van der Waals surface area contributed by atoms with Crippen molar-refractivity contribution in [2.75, 3.05) is 30.4 Å². The molecule has 6 heteroatoms. The van der Waals surface area contributed by atoms with Gasteiger partial charge in [0.25, 0.3) is 5.91 Å². The van der Waals surface area contributed by atoms with Gasteiger partial charge in [-0.1, -0.05) is 6.92 Å². The molecule has 1 heterocycles. The molecule has 1 aliphatic heterocycles. The van der Waals surface area contributed by atoms with Crippen molar-refractivity contribution in [2.24, 2.45) is 5.92 Å². The Kier molecular flexibility index (Phi) is 5.64. The molecule has 2 aromatic rings. The van der Waals surface area contributed by atoms with E-state index in [-0.39, 0.29) is 11.5 Å². The maximum atomic E-state index is 12.7. The van der Waals surface area contributed by atoms with Crippen LogP contribution in [0.5, 0.6) is 5.75 Å². The third-order valence-corrected chi connectivity index (χ3v) is 4.84. The molecule has 6 nitrogen and oxygen atoms in total. The highest BCUT2D eigenvalue weighted by molar-refractivity contribution is 6.06. The minimum Gasteiger partial charge on any atom is -0.497 e. The largest absolute Gasteiger partial charge is 0.497 e. The van der Waals surface area contributed by atoms with Crippen molar-refractivity contribution in [3.8, 4) is 5.75 Å².